The highest BCUT2D eigenvalue weighted by Crippen LogP contribution is 2.17. The highest BCUT2D eigenvalue weighted by atomic mass is 16.2. The van der Waals surface area contributed by atoms with Crippen LogP contribution in [0.25, 0.3) is 0 Å². The third-order valence-corrected chi connectivity index (χ3v) is 3.48. The van der Waals surface area contributed by atoms with Gasteiger partial charge in [-0.15, -0.1) is 0 Å². The van der Waals surface area contributed by atoms with Crippen LogP contribution in [0, 0.1) is 11.8 Å². The number of rotatable bonds is 6. The maximum atomic E-state index is 12.1. The van der Waals surface area contributed by atoms with Gasteiger partial charge < -0.3 is 10.2 Å². The van der Waals surface area contributed by atoms with Gasteiger partial charge >= 0.3 is 0 Å². The average molecular weight is 252 g/mol. The first-order valence-corrected chi connectivity index (χ1v) is 7.10. The number of amides is 1. The topological polar surface area (TPSA) is 32.3 Å². The number of carbonyl (C=O) groups is 1. The molecule has 3 heteroatoms. The fourth-order valence-corrected chi connectivity index (χ4v) is 2.41. The zero-order valence-corrected chi connectivity index (χ0v) is 12.3. The van der Waals surface area contributed by atoms with Gasteiger partial charge in [0.15, 0.2) is 0 Å². The van der Waals surface area contributed by atoms with Crippen LogP contribution in [0.3, 0.4) is 0 Å². The van der Waals surface area contributed by atoms with Gasteiger partial charge in [-0.1, -0.05) is 26.0 Å². The zero-order chi connectivity index (χ0) is 13.5. The van der Waals surface area contributed by atoms with Crippen LogP contribution in [0.5, 0.6) is 0 Å². The Hall–Kier alpha value is -0.830. The molecule has 3 nitrogen and oxygen atoms in total. The molecule has 0 fully saturated rings. The van der Waals surface area contributed by atoms with E-state index in [1.54, 1.807) is 4.90 Å². The smallest absolute Gasteiger partial charge is 0.239 e. The Labute approximate surface area is 112 Å². The molecule has 0 aromatic carbocycles. The second-order valence-electron chi connectivity index (χ2n) is 5.97. The molecule has 0 saturated heterocycles. The van der Waals surface area contributed by atoms with Crippen LogP contribution in [-0.4, -0.2) is 37.5 Å². The van der Waals surface area contributed by atoms with Crippen LogP contribution < -0.4 is 5.32 Å². The van der Waals surface area contributed by atoms with Gasteiger partial charge in [0.1, 0.15) is 0 Å². The van der Waals surface area contributed by atoms with E-state index in [9.17, 15) is 4.79 Å². The van der Waals surface area contributed by atoms with Crippen LogP contribution in [-0.2, 0) is 4.79 Å². The average Bonchev–Trinajstić information content (AvgIpc) is 2.34. The number of hydrogen-bond donors (Lipinski definition) is 1. The summed E-state index contributed by atoms with van der Waals surface area (Å²) in [5.74, 6) is 1.44. The number of carbonyl (C=O) groups excluding carboxylic acids is 1. The fourth-order valence-electron chi connectivity index (χ4n) is 2.41. The van der Waals surface area contributed by atoms with Crippen LogP contribution in [0.2, 0.25) is 0 Å². The predicted molar refractivity (Wildman–Crippen MR) is 76.4 cm³/mol. The van der Waals surface area contributed by atoms with Crippen molar-refractivity contribution in [3.8, 4) is 0 Å². The van der Waals surface area contributed by atoms with Gasteiger partial charge in [-0.2, -0.15) is 0 Å². The summed E-state index contributed by atoms with van der Waals surface area (Å²) in [4.78, 5) is 13.8. The SMILES string of the molecule is CC(C)CC(NCC1CC=CCC1)C(=O)N(C)C. The molecule has 0 aromatic rings. The molecule has 1 N–H and O–H groups in total. The number of nitrogens with one attached hydrogen (secondary N) is 1. The maximum Gasteiger partial charge on any atom is 0.239 e. The molecule has 0 radical (unpaired) electrons. The molecule has 0 aliphatic heterocycles. The Kier molecular flexibility index (Phi) is 6.41. The van der Waals surface area contributed by atoms with E-state index in [0.717, 1.165) is 19.4 Å². The van der Waals surface area contributed by atoms with E-state index in [1.165, 1.54) is 12.8 Å². The van der Waals surface area contributed by atoms with Crippen molar-refractivity contribution >= 4 is 5.91 Å². The summed E-state index contributed by atoms with van der Waals surface area (Å²) in [7, 11) is 3.67. The first-order valence-electron chi connectivity index (χ1n) is 7.10. The molecule has 2 atom stereocenters. The molecule has 1 amide bonds. The molecule has 0 saturated carbocycles. The number of allylic oxidation sites excluding steroid dienone is 2. The number of likely N-dealkylation sites (N-methyl/N-ethyl adjacent to an activating group) is 1. The molecular weight excluding hydrogens is 224 g/mol. The lowest BCUT2D eigenvalue weighted by molar-refractivity contribution is -0.131. The molecule has 1 aliphatic rings. The lowest BCUT2D eigenvalue weighted by Crippen LogP contribution is -2.46. The van der Waals surface area contributed by atoms with Crippen molar-refractivity contribution in [2.45, 2.75) is 45.6 Å². The molecule has 0 spiro atoms. The third-order valence-electron chi connectivity index (χ3n) is 3.48. The molecular formula is C15H28N2O. The molecule has 18 heavy (non-hydrogen) atoms. The summed E-state index contributed by atoms with van der Waals surface area (Å²) >= 11 is 0. The largest absolute Gasteiger partial charge is 0.347 e. The van der Waals surface area contributed by atoms with Crippen LogP contribution in [0.1, 0.15) is 39.5 Å². The maximum absolute atomic E-state index is 12.1. The monoisotopic (exact) mass is 252 g/mol. The van der Waals surface area contributed by atoms with Crippen molar-refractivity contribution in [1.82, 2.24) is 10.2 Å². The Morgan fingerprint density at radius 1 is 1.39 bits per heavy atom. The molecule has 0 heterocycles. The normalized spacial score (nSPS) is 21.1. The van der Waals surface area contributed by atoms with Crippen molar-refractivity contribution in [3.05, 3.63) is 12.2 Å². The second kappa shape index (κ2) is 7.57. The molecule has 1 aliphatic carbocycles. The summed E-state index contributed by atoms with van der Waals surface area (Å²) in [6, 6.07) is -0.0223. The second-order valence-corrected chi connectivity index (χ2v) is 5.97. The summed E-state index contributed by atoms with van der Waals surface area (Å²) < 4.78 is 0. The number of nitrogens with zero attached hydrogens (tertiary/aromatic N) is 1. The van der Waals surface area contributed by atoms with E-state index in [2.05, 4.69) is 31.3 Å². The standard InChI is InChI=1S/C15H28N2O/c1-12(2)10-14(15(18)17(3)4)16-11-13-8-6-5-7-9-13/h5-6,12-14,16H,7-11H2,1-4H3. The van der Waals surface area contributed by atoms with E-state index in [-0.39, 0.29) is 11.9 Å². The predicted octanol–water partition coefficient (Wildman–Crippen LogP) is 2.44. The van der Waals surface area contributed by atoms with Gasteiger partial charge in [0.2, 0.25) is 5.91 Å². The summed E-state index contributed by atoms with van der Waals surface area (Å²) in [5.41, 5.74) is 0. The molecule has 1 rings (SSSR count). The fraction of sp³-hybridized carbons (Fsp3) is 0.800. The van der Waals surface area contributed by atoms with Gasteiger partial charge in [-0.3, -0.25) is 4.79 Å². The highest BCUT2D eigenvalue weighted by molar-refractivity contribution is 5.81. The van der Waals surface area contributed by atoms with E-state index < -0.39 is 0 Å². The van der Waals surface area contributed by atoms with E-state index in [0.29, 0.717) is 11.8 Å². The molecule has 104 valence electrons. The Bertz CT molecular complexity index is 284. The Morgan fingerprint density at radius 3 is 2.61 bits per heavy atom. The highest BCUT2D eigenvalue weighted by Gasteiger charge is 2.22. The van der Waals surface area contributed by atoms with Gasteiger partial charge in [-0.25, -0.2) is 0 Å². The van der Waals surface area contributed by atoms with E-state index >= 15 is 0 Å². The lowest BCUT2D eigenvalue weighted by Gasteiger charge is -2.26. The van der Waals surface area contributed by atoms with E-state index in [1.807, 2.05) is 14.1 Å². The van der Waals surface area contributed by atoms with Crippen molar-refractivity contribution in [2.75, 3.05) is 20.6 Å². The zero-order valence-electron chi connectivity index (χ0n) is 12.3. The minimum atomic E-state index is -0.0223. The minimum absolute atomic E-state index is 0.0223. The Morgan fingerprint density at radius 2 is 2.11 bits per heavy atom. The third kappa shape index (κ3) is 5.21. The summed E-state index contributed by atoms with van der Waals surface area (Å²) in [6.45, 7) is 5.29. The van der Waals surface area contributed by atoms with Crippen LogP contribution in [0.4, 0.5) is 0 Å². The minimum Gasteiger partial charge on any atom is -0.347 e. The van der Waals surface area contributed by atoms with Crippen molar-refractivity contribution in [1.29, 1.82) is 0 Å². The van der Waals surface area contributed by atoms with Gasteiger partial charge in [0.25, 0.3) is 0 Å². The quantitative estimate of drug-likeness (QED) is 0.736. The van der Waals surface area contributed by atoms with E-state index in [4.69, 9.17) is 0 Å². The van der Waals surface area contributed by atoms with Crippen molar-refractivity contribution in [2.24, 2.45) is 11.8 Å². The molecule has 2 unspecified atom stereocenters. The summed E-state index contributed by atoms with van der Waals surface area (Å²) in [6.07, 6.45) is 9.02. The summed E-state index contributed by atoms with van der Waals surface area (Å²) in [5, 5.41) is 3.48. The number of hydrogen-bond acceptors (Lipinski definition) is 2. The van der Waals surface area contributed by atoms with Crippen molar-refractivity contribution in [3.63, 3.8) is 0 Å². The van der Waals surface area contributed by atoms with Gasteiger partial charge in [0.05, 0.1) is 6.04 Å². The van der Waals surface area contributed by atoms with Crippen LogP contribution >= 0.6 is 0 Å². The van der Waals surface area contributed by atoms with Gasteiger partial charge in [-0.05, 0) is 44.1 Å². The van der Waals surface area contributed by atoms with Crippen molar-refractivity contribution < 1.29 is 4.79 Å². The lowest BCUT2D eigenvalue weighted by atomic mass is 9.93. The van der Waals surface area contributed by atoms with Gasteiger partial charge in [0, 0.05) is 14.1 Å². The van der Waals surface area contributed by atoms with Crippen LogP contribution in [0.15, 0.2) is 12.2 Å². The first kappa shape index (κ1) is 15.2. The first-order chi connectivity index (χ1) is 8.50. The Balaban J connectivity index is 2.44. The molecule has 0 bridgehead atoms. The molecule has 0 aromatic heterocycles.